The molecule has 31 heavy (non-hydrogen) atoms. The van der Waals surface area contributed by atoms with E-state index in [2.05, 4.69) is 5.32 Å². The summed E-state index contributed by atoms with van der Waals surface area (Å²) in [5.41, 5.74) is 1.66. The predicted octanol–water partition coefficient (Wildman–Crippen LogP) is 1.72. The normalized spacial score (nSPS) is 15.9. The lowest BCUT2D eigenvalue weighted by atomic mass is 10.1. The minimum atomic E-state index is -1.08. The summed E-state index contributed by atoms with van der Waals surface area (Å²) >= 11 is 0. The van der Waals surface area contributed by atoms with Gasteiger partial charge < -0.3 is 19.7 Å². The molecule has 1 unspecified atom stereocenters. The van der Waals surface area contributed by atoms with Gasteiger partial charge in [-0.2, -0.15) is 0 Å². The first-order valence-electron chi connectivity index (χ1n) is 9.86. The van der Waals surface area contributed by atoms with Gasteiger partial charge in [-0.05, 0) is 31.2 Å². The zero-order valence-electron chi connectivity index (χ0n) is 16.9. The largest absolute Gasteiger partial charge is 0.482 e. The molecule has 2 aromatic rings. The van der Waals surface area contributed by atoms with Gasteiger partial charge in [0.1, 0.15) is 12.3 Å². The second kappa shape index (κ2) is 8.47. The van der Waals surface area contributed by atoms with Crippen LogP contribution in [0.3, 0.4) is 0 Å². The SMILES string of the molecule is CC(OC(=O)CCN1C(=O)COc2ccccc21)C(=O)N1CC(=O)Nc2ccccc21. The van der Waals surface area contributed by atoms with E-state index in [1.54, 1.807) is 48.5 Å². The molecule has 2 aromatic carbocycles. The van der Waals surface area contributed by atoms with Crippen molar-refractivity contribution in [2.24, 2.45) is 0 Å². The molecule has 160 valence electrons. The van der Waals surface area contributed by atoms with Crippen LogP contribution in [0, 0.1) is 0 Å². The van der Waals surface area contributed by atoms with Gasteiger partial charge in [-0.1, -0.05) is 24.3 Å². The first kappa shape index (κ1) is 20.4. The molecule has 0 bridgehead atoms. The van der Waals surface area contributed by atoms with Crippen molar-refractivity contribution in [1.29, 1.82) is 0 Å². The molecule has 0 radical (unpaired) electrons. The fraction of sp³-hybridized carbons (Fsp3) is 0.273. The van der Waals surface area contributed by atoms with Crippen molar-refractivity contribution in [3.63, 3.8) is 0 Å². The number of nitrogens with zero attached hydrogens (tertiary/aromatic N) is 2. The Kier molecular flexibility index (Phi) is 5.57. The summed E-state index contributed by atoms with van der Waals surface area (Å²) in [5, 5.41) is 2.71. The summed E-state index contributed by atoms with van der Waals surface area (Å²) < 4.78 is 10.7. The number of carbonyl (C=O) groups is 4. The Morgan fingerprint density at radius 2 is 1.81 bits per heavy atom. The zero-order chi connectivity index (χ0) is 22.0. The van der Waals surface area contributed by atoms with E-state index in [1.165, 1.54) is 16.7 Å². The van der Waals surface area contributed by atoms with Crippen molar-refractivity contribution < 1.29 is 28.7 Å². The van der Waals surface area contributed by atoms with Crippen LogP contribution in [-0.4, -0.2) is 49.5 Å². The number of esters is 1. The summed E-state index contributed by atoms with van der Waals surface area (Å²) in [6.45, 7) is 1.31. The highest BCUT2D eigenvalue weighted by molar-refractivity contribution is 6.11. The summed E-state index contributed by atoms with van der Waals surface area (Å²) in [6.07, 6.45) is -1.17. The first-order chi connectivity index (χ1) is 14.9. The Labute approximate surface area is 178 Å². The topological polar surface area (TPSA) is 105 Å². The number of rotatable bonds is 5. The van der Waals surface area contributed by atoms with Gasteiger partial charge >= 0.3 is 5.97 Å². The van der Waals surface area contributed by atoms with E-state index in [4.69, 9.17) is 9.47 Å². The fourth-order valence-corrected chi connectivity index (χ4v) is 3.56. The molecule has 1 atom stereocenters. The Hall–Kier alpha value is -3.88. The molecule has 0 spiro atoms. The average molecular weight is 423 g/mol. The predicted molar refractivity (Wildman–Crippen MR) is 112 cm³/mol. The van der Waals surface area contributed by atoms with E-state index in [1.807, 2.05) is 0 Å². The molecular weight excluding hydrogens is 402 g/mol. The minimum absolute atomic E-state index is 0.0885. The maximum Gasteiger partial charge on any atom is 0.308 e. The summed E-state index contributed by atoms with van der Waals surface area (Å²) in [6, 6.07) is 14.0. The van der Waals surface area contributed by atoms with E-state index in [0.717, 1.165) is 0 Å². The second-order valence-electron chi connectivity index (χ2n) is 7.17. The van der Waals surface area contributed by atoms with Crippen LogP contribution in [0.1, 0.15) is 13.3 Å². The van der Waals surface area contributed by atoms with Crippen LogP contribution in [-0.2, 0) is 23.9 Å². The quantitative estimate of drug-likeness (QED) is 0.735. The molecule has 0 aromatic heterocycles. The van der Waals surface area contributed by atoms with E-state index in [-0.39, 0.29) is 37.9 Å². The van der Waals surface area contributed by atoms with Crippen molar-refractivity contribution in [3.8, 4) is 5.75 Å². The zero-order valence-corrected chi connectivity index (χ0v) is 16.9. The highest BCUT2D eigenvalue weighted by Gasteiger charge is 2.32. The van der Waals surface area contributed by atoms with Crippen LogP contribution < -0.4 is 19.9 Å². The number of carbonyl (C=O) groups excluding carboxylic acids is 4. The number of amides is 3. The fourth-order valence-electron chi connectivity index (χ4n) is 3.56. The molecule has 0 saturated heterocycles. The number of hydrogen-bond acceptors (Lipinski definition) is 6. The maximum absolute atomic E-state index is 12.9. The monoisotopic (exact) mass is 423 g/mol. The lowest BCUT2D eigenvalue weighted by molar-refractivity contribution is -0.153. The molecule has 0 aliphatic carbocycles. The lowest BCUT2D eigenvalue weighted by Gasteiger charge is -2.31. The first-order valence-corrected chi connectivity index (χ1v) is 9.86. The minimum Gasteiger partial charge on any atom is -0.482 e. The number of para-hydroxylation sites is 4. The molecule has 1 N–H and O–H groups in total. The van der Waals surface area contributed by atoms with E-state index < -0.39 is 18.0 Å². The Morgan fingerprint density at radius 3 is 2.61 bits per heavy atom. The number of nitrogens with one attached hydrogen (secondary N) is 1. The van der Waals surface area contributed by atoms with Gasteiger partial charge in [-0.15, -0.1) is 0 Å². The van der Waals surface area contributed by atoms with Gasteiger partial charge in [0.25, 0.3) is 11.8 Å². The Morgan fingerprint density at radius 1 is 1.10 bits per heavy atom. The van der Waals surface area contributed by atoms with Crippen LogP contribution in [0.5, 0.6) is 5.75 Å². The van der Waals surface area contributed by atoms with Crippen molar-refractivity contribution in [1.82, 2.24) is 0 Å². The maximum atomic E-state index is 12.9. The van der Waals surface area contributed by atoms with Crippen LogP contribution in [0.15, 0.2) is 48.5 Å². The number of benzene rings is 2. The summed E-state index contributed by atoms with van der Waals surface area (Å²) in [4.78, 5) is 52.1. The Bertz CT molecular complexity index is 1050. The van der Waals surface area contributed by atoms with E-state index in [9.17, 15) is 19.2 Å². The molecule has 3 amide bonds. The van der Waals surface area contributed by atoms with Crippen molar-refractivity contribution >= 4 is 40.8 Å². The van der Waals surface area contributed by atoms with Gasteiger partial charge in [0.15, 0.2) is 12.7 Å². The van der Waals surface area contributed by atoms with Gasteiger partial charge in [-0.3, -0.25) is 24.1 Å². The Balaban J connectivity index is 1.38. The van der Waals surface area contributed by atoms with Crippen LogP contribution in [0.25, 0.3) is 0 Å². The molecule has 2 aliphatic rings. The summed E-state index contributed by atoms with van der Waals surface area (Å²) in [5.74, 6) is -1.13. The number of anilines is 3. The number of hydrogen-bond donors (Lipinski definition) is 1. The highest BCUT2D eigenvalue weighted by Crippen LogP contribution is 2.32. The average Bonchev–Trinajstić information content (AvgIpc) is 2.77. The molecular formula is C22H21N3O6. The molecule has 2 heterocycles. The van der Waals surface area contributed by atoms with Crippen molar-refractivity contribution in [3.05, 3.63) is 48.5 Å². The lowest BCUT2D eigenvalue weighted by Crippen LogP contribution is -2.47. The van der Waals surface area contributed by atoms with Crippen molar-refractivity contribution in [2.75, 3.05) is 34.8 Å². The molecule has 9 nitrogen and oxygen atoms in total. The molecule has 4 rings (SSSR count). The van der Waals surface area contributed by atoms with E-state index >= 15 is 0 Å². The highest BCUT2D eigenvalue weighted by atomic mass is 16.5. The molecule has 0 fully saturated rings. The third-order valence-electron chi connectivity index (χ3n) is 5.04. The van der Waals surface area contributed by atoms with Crippen LogP contribution >= 0.6 is 0 Å². The molecule has 9 heteroatoms. The van der Waals surface area contributed by atoms with Crippen LogP contribution in [0.4, 0.5) is 17.1 Å². The number of ether oxygens (including phenoxy) is 2. The van der Waals surface area contributed by atoms with Crippen molar-refractivity contribution in [2.45, 2.75) is 19.4 Å². The molecule has 2 aliphatic heterocycles. The van der Waals surface area contributed by atoms with Crippen LogP contribution in [0.2, 0.25) is 0 Å². The second-order valence-corrected chi connectivity index (χ2v) is 7.17. The van der Waals surface area contributed by atoms with Gasteiger partial charge in [0, 0.05) is 6.54 Å². The smallest absolute Gasteiger partial charge is 0.308 e. The standard InChI is InChI=1S/C22H21N3O6/c1-14(22(29)25-12-19(26)23-15-6-2-3-7-16(15)25)31-21(28)10-11-24-17-8-4-5-9-18(17)30-13-20(24)27/h2-9,14H,10-13H2,1H3,(H,23,26). The summed E-state index contributed by atoms with van der Waals surface area (Å²) in [7, 11) is 0. The van der Waals surface area contributed by atoms with Gasteiger partial charge in [0.05, 0.1) is 23.5 Å². The number of fused-ring (bicyclic) bond motifs is 2. The third-order valence-corrected chi connectivity index (χ3v) is 5.04. The molecule has 0 saturated carbocycles. The third kappa shape index (κ3) is 4.20. The van der Waals surface area contributed by atoms with Gasteiger partial charge in [0.2, 0.25) is 5.91 Å². The van der Waals surface area contributed by atoms with E-state index in [0.29, 0.717) is 22.8 Å². The van der Waals surface area contributed by atoms with Gasteiger partial charge in [-0.25, -0.2) is 0 Å².